The molecule has 2 heterocycles. The van der Waals surface area contributed by atoms with Crippen LogP contribution in [0.2, 0.25) is 0 Å². The van der Waals surface area contributed by atoms with Crippen molar-refractivity contribution in [1.82, 2.24) is 4.90 Å². The third-order valence-corrected chi connectivity index (χ3v) is 5.36. The number of rotatable bonds is 4. The fourth-order valence-corrected chi connectivity index (χ4v) is 4.39. The van der Waals surface area contributed by atoms with E-state index in [1.165, 1.54) is 13.8 Å². The van der Waals surface area contributed by atoms with Gasteiger partial charge in [-0.2, -0.15) is 0 Å². The smallest absolute Gasteiger partial charge is 0.303 e. The molecule has 0 aliphatic carbocycles. The van der Waals surface area contributed by atoms with Crippen LogP contribution in [-0.4, -0.2) is 42.1 Å². The van der Waals surface area contributed by atoms with Crippen molar-refractivity contribution in [3.63, 3.8) is 0 Å². The van der Waals surface area contributed by atoms with Gasteiger partial charge in [-0.05, 0) is 25.5 Å². The number of ether oxygens (including phenoxy) is 2. The van der Waals surface area contributed by atoms with Crippen LogP contribution in [0.25, 0.3) is 0 Å². The molecule has 0 unspecified atom stereocenters. The van der Waals surface area contributed by atoms with E-state index >= 15 is 0 Å². The van der Waals surface area contributed by atoms with Gasteiger partial charge in [0, 0.05) is 32.4 Å². The summed E-state index contributed by atoms with van der Waals surface area (Å²) in [4.78, 5) is 25.7. The Kier molecular flexibility index (Phi) is 4.90. The molecule has 5 atom stereocenters. The van der Waals surface area contributed by atoms with Gasteiger partial charge in [-0.15, -0.1) is 0 Å². The molecule has 1 aromatic carbocycles. The highest BCUT2D eigenvalue weighted by molar-refractivity contribution is 5.67. The van der Waals surface area contributed by atoms with Crippen molar-refractivity contribution in [3.05, 3.63) is 35.9 Å². The van der Waals surface area contributed by atoms with E-state index in [0.717, 1.165) is 24.8 Å². The highest BCUT2D eigenvalue weighted by Gasteiger charge is 2.51. The van der Waals surface area contributed by atoms with Crippen molar-refractivity contribution in [2.45, 2.75) is 57.4 Å². The van der Waals surface area contributed by atoms with Gasteiger partial charge in [0.1, 0.15) is 12.2 Å². The lowest BCUT2D eigenvalue weighted by Gasteiger charge is -2.45. The van der Waals surface area contributed by atoms with Gasteiger partial charge < -0.3 is 9.47 Å². The zero-order valence-electron chi connectivity index (χ0n) is 14.5. The second-order valence-electron chi connectivity index (χ2n) is 6.87. The molecule has 5 heteroatoms. The molecular formula is C19H25NO4. The Hall–Kier alpha value is -1.88. The highest BCUT2D eigenvalue weighted by Crippen LogP contribution is 2.46. The van der Waals surface area contributed by atoms with E-state index in [1.807, 2.05) is 30.3 Å². The Balaban J connectivity index is 1.97. The fraction of sp³-hybridized carbons (Fsp3) is 0.579. The third kappa shape index (κ3) is 3.31. The summed E-state index contributed by atoms with van der Waals surface area (Å²) in [5.41, 5.74) is 0.952. The molecule has 3 rings (SSSR count). The molecule has 130 valence electrons. The lowest BCUT2D eigenvalue weighted by Crippen LogP contribution is -2.52. The molecule has 0 N–H and O–H groups in total. The van der Waals surface area contributed by atoms with Gasteiger partial charge in [0.05, 0.1) is 5.92 Å². The largest absolute Gasteiger partial charge is 0.462 e. The summed E-state index contributed by atoms with van der Waals surface area (Å²) in [6, 6.07) is 10.4. The molecule has 2 saturated heterocycles. The van der Waals surface area contributed by atoms with Crippen LogP contribution in [0.3, 0.4) is 0 Å². The summed E-state index contributed by atoms with van der Waals surface area (Å²) in [6.45, 7) is 2.88. The Morgan fingerprint density at radius 3 is 2.46 bits per heavy atom. The summed E-state index contributed by atoms with van der Waals surface area (Å²) in [7, 11) is 2.12. The summed E-state index contributed by atoms with van der Waals surface area (Å²) in [5, 5.41) is 0. The number of hydrogen-bond acceptors (Lipinski definition) is 5. The first-order chi connectivity index (χ1) is 11.5. The SMILES string of the molecule is CC(=O)O[C@H](c1ccccc1)[C@H]1[C@H]2CC[C@@H](C[C@H]1OC(C)=O)N2C. The zero-order chi connectivity index (χ0) is 17.3. The van der Waals surface area contributed by atoms with E-state index in [-0.39, 0.29) is 30.0 Å². The van der Waals surface area contributed by atoms with Crippen LogP contribution in [0.5, 0.6) is 0 Å². The lowest BCUT2D eigenvalue weighted by atomic mass is 9.80. The predicted molar refractivity (Wildman–Crippen MR) is 89.2 cm³/mol. The maximum absolute atomic E-state index is 11.7. The minimum Gasteiger partial charge on any atom is -0.462 e. The fourth-order valence-electron chi connectivity index (χ4n) is 4.39. The van der Waals surface area contributed by atoms with E-state index in [2.05, 4.69) is 11.9 Å². The molecule has 0 saturated carbocycles. The first-order valence-electron chi connectivity index (χ1n) is 8.58. The van der Waals surface area contributed by atoms with E-state index < -0.39 is 6.10 Å². The van der Waals surface area contributed by atoms with Crippen molar-refractivity contribution >= 4 is 11.9 Å². The van der Waals surface area contributed by atoms with E-state index in [4.69, 9.17) is 9.47 Å². The Labute approximate surface area is 142 Å². The van der Waals surface area contributed by atoms with Crippen LogP contribution in [0.1, 0.15) is 44.8 Å². The minimum absolute atomic E-state index is 0.0519. The number of esters is 2. The van der Waals surface area contributed by atoms with Crippen molar-refractivity contribution < 1.29 is 19.1 Å². The molecule has 2 aliphatic rings. The van der Waals surface area contributed by atoms with Gasteiger partial charge in [-0.1, -0.05) is 30.3 Å². The van der Waals surface area contributed by atoms with Crippen LogP contribution in [-0.2, 0) is 19.1 Å². The van der Waals surface area contributed by atoms with Gasteiger partial charge in [0.2, 0.25) is 0 Å². The van der Waals surface area contributed by atoms with E-state index in [1.54, 1.807) is 0 Å². The number of piperidine rings is 1. The van der Waals surface area contributed by atoms with Crippen molar-refractivity contribution in [3.8, 4) is 0 Å². The Morgan fingerprint density at radius 1 is 1.12 bits per heavy atom. The highest BCUT2D eigenvalue weighted by atomic mass is 16.6. The topological polar surface area (TPSA) is 55.8 Å². The number of carbonyl (C=O) groups is 2. The molecule has 2 bridgehead atoms. The molecule has 2 aliphatic heterocycles. The molecule has 1 aromatic rings. The first kappa shape index (κ1) is 17.0. The summed E-state index contributed by atoms with van der Waals surface area (Å²) in [6.07, 6.45) is 2.30. The van der Waals surface area contributed by atoms with Crippen molar-refractivity contribution in [2.75, 3.05) is 7.05 Å². The molecule has 0 radical (unpaired) electrons. The van der Waals surface area contributed by atoms with Crippen LogP contribution in [0.15, 0.2) is 30.3 Å². The van der Waals surface area contributed by atoms with Gasteiger partial charge >= 0.3 is 11.9 Å². The maximum Gasteiger partial charge on any atom is 0.303 e. The normalized spacial score (nSPS) is 30.6. The maximum atomic E-state index is 11.7. The number of carbonyl (C=O) groups excluding carboxylic acids is 2. The molecular weight excluding hydrogens is 306 g/mol. The molecule has 0 amide bonds. The average molecular weight is 331 g/mol. The van der Waals surface area contributed by atoms with Gasteiger partial charge in [0.15, 0.2) is 0 Å². The number of fused-ring (bicyclic) bond motifs is 2. The van der Waals surface area contributed by atoms with Crippen molar-refractivity contribution in [1.29, 1.82) is 0 Å². The number of hydrogen-bond donors (Lipinski definition) is 0. The van der Waals surface area contributed by atoms with E-state index in [9.17, 15) is 9.59 Å². The minimum atomic E-state index is -0.403. The van der Waals surface area contributed by atoms with Gasteiger partial charge in [-0.25, -0.2) is 0 Å². The predicted octanol–water partition coefficient (Wildman–Crippen LogP) is 2.71. The molecule has 24 heavy (non-hydrogen) atoms. The number of nitrogens with zero attached hydrogens (tertiary/aromatic N) is 1. The van der Waals surface area contributed by atoms with Crippen LogP contribution >= 0.6 is 0 Å². The second-order valence-corrected chi connectivity index (χ2v) is 6.87. The van der Waals surface area contributed by atoms with Gasteiger partial charge in [-0.3, -0.25) is 14.5 Å². The van der Waals surface area contributed by atoms with Gasteiger partial charge in [0.25, 0.3) is 0 Å². The molecule has 0 spiro atoms. The van der Waals surface area contributed by atoms with Crippen LogP contribution < -0.4 is 0 Å². The summed E-state index contributed by atoms with van der Waals surface area (Å²) < 4.78 is 11.4. The number of benzene rings is 1. The first-order valence-corrected chi connectivity index (χ1v) is 8.58. The second kappa shape index (κ2) is 6.93. The van der Waals surface area contributed by atoms with Crippen molar-refractivity contribution in [2.24, 2.45) is 5.92 Å². The molecule has 2 fully saturated rings. The average Bonchev–Trinajstić information content (AvgIpc) is 2.77. The summed E-state index contributed by atoms with van der Waals surface area (Å²) in [5.74, 6) is -0.638. The monoisotopic (exact) mass is 331 g/mol. The van der Waals surface area contributed by atoms with Crippen LogP contribution in [0, 0.1) is 5.92 Å². The Bertz CT molecular complexity index is 603. The lowest BCUT2D eigenvalue weighted by molar-refractivity contribution is -0.169. The third-order valence-electron chi connectivity index (χ3n) is 5.36. The van der Waals surface area contributed by atoms with E-state index in [0.29, 0.717) is 6.04 Å². The van der Waals surface area contributed by atoms with Crippen LogP contribution in [0.4, 0.5) is 0 Å². The quantitative estimate of drug-likeness (QED) is 0.794. The molecule has 0 aromatic heterocycles. The zero-order valence-corrected chi connectivity index (χ0v) is 14.5. The standard InChI is InChI=1S/C19H25NO4/c1-12(21)23-17-11-15-9-10-16(20(15)3)18(17)19(24-13(2)22)14-7-5-4-6-8-14/h4-8,15-19H,9-11H2,1-3H3/t15-,16+,17+,18-,19+/m0/s1. The molecule has 5 nitrogen and oxygen atoms in total. The summed E-state index contributed by atoms with van der Waals surface area (Å²) >= 11 is 0. The Morgan fingerprint density at radius 2 is 1.83 bits per heavy atom.